The molecular weight excluding hydrogens is 332 g/mol. The van der Waals surface area contributed by atoms with Crippen LogP contribution < -0.4 is 0 Å². The van der Waals surface area contributed by atoms with Crippen LogP contribution in [0.4, 0.5) is 10.1 Å². The lowest BCUT2D eigenvalue weighted by atomic mass is 10.1. The highest BCUT2D eigenvalue weighted by atomic mass is 35.5. The standard InChI is InChI=1S/C15H8Cl2FNO3/c16-12-5-1-9(7-14(12)19(21)22)2-6-15(20)11-4-3-10(18)8-13(11)17/h1-8H/b6-2+. The van der Waals surface area contributed by atoms with E-state index in [1.54, 1.807) is 0 Å². The molecule has 0 fully saturated rings. The van der Waals surface area contributed by atoms with Crippen molar-refractivity contribution in [2.75, 3.05) is 0 Å². The number of hydrogen-bond donors (Lipinski definition) is 0. The van der Waals surface area contributed by atoms with Gasteiger partial charge in [0.05, 0.1) is 9.95 Å². The summed E-state index contributed by atoms with van der Waals surface area (Å²) < 4.78 is 12.9. The summed E-state index contributed by atoms with van der Waals surface area (Å²) in [6.45, 7) is 0. The molecule has 0 saturated carbocycles. The minimum atomic E-state index is -0.613. The summed E-state index contributed by atoms with van der Waals surface area (Å²) in [4.78, 5) is 22.2. The van der Waals surface area contributed by atoms with E-state index >= 15 is 0 Å². The summed E-state index contributed by atoms with van der Waals surface area (Å²) in [5.74, 6) is -0.985. The van der Waals surface area contributed by atoms with Gasteiger partial charge in [-0.2, -0.15) is 0 Å². The van der Waals surface area contributed by atoms with Crippen molar-refractivity contribution in [3.8, 4) is 0 Å². The quantitative estimate of drug-likeness (QED) is 0.343. The van der Waals surface area contributed by atoms with E-state index in [2.05, 4.69) is 0 Å². The number of carbonyl (C=O) groups excluding carboxylic acids is 1. The first-order valence-electron chi connectivity index (χ1n) is 6.00. The molecule has 112 valence electrons. The van der Waals surface area contributed by atoms with Crippen molar-refractivity contribution < 1.29 is 14.1 Å². The highest BCUT2D eigenvalue weighted by Gasteiger charge is 2.12. The molecule has 2 rings (SSSR count). The van der Waals surface area contributed by atoms with Crippen molar-refractivity contribution in [3.05, 3.63) is 79.6 Å². The fourth-order valence-corrected chi connectivity index (χ4v) is 2.17. The Labute approximate surface area is 134 Å². The van der Waals surface area contributed by atoms with Crippen LogP contribution in [-0.4, -0.2) is 10.7 Å². The van der Waals surface area contributed by atoms with Crippen LogP contribution >= 0.6 is 23.2 Å². The van der Waals surface area contributed by atoms with E-state index in [4.69, 9.17) is 23.2 Å². The monoisotopic (exact) mass is 339 g/mol. The molecule has 0 aliphatic carbocycles. The lowest BCUT2D eigenvalue weighted by molar-refractivity contribution is -0.384. The molecule has 0 unspecified atom stereocenters. The highest BCUT2D eigenvalue weighted by molar-refractivity contribution is 6.34. The lowest BCUT2D eigenvalue weighted by Gasteiger charge is -2.00. The minimum absolute atomic E-state index is 0.00302. The maximum absolute atomic E-state index is 12.9. The number of benzene rings is 2. The molecule has 2 aromatic rings. The van der Waals surface area contributed by atoms with Crippen molar-refractivity contribution in [2.24, 2.45) is 0 Å². The number of halogens is 3. The Morgan fingerprint density at radius 1 is 1.14 bits per heavy atom. The van der Waals surface area contributed by atoms with Crippen LogP contribution in [0, 0.1) is 15.9 Å². The molecule has 0 aromatic heterocycles. The van der Waals surface area contributed by atoms with Crippen molar-refractivity contribution in [3.63, 3.8) is 0 Å². The predicted octanol–water partition coefficient (Wildman–Crippen LogP) is 4.94. The zero-order valence-corrected chi connectivity index (χ0v) is 12.4. The topological polar surface area (TPSA) is 60.2 Å². The lowest BCUT2D eigenvalue weighted by Crippen LogP contribution is -1.96. The summed E-state index contributed by atoms with van der Waals surface area (Å²) in [7, 11) is 0. The van der Waals surface area contributed by atoms with E-state index in [0.717, 1.165) is 12.1 Å². The smallest absolute Gasteiger partial charge is 0.288 e. The van der Waals surface area contributed by atoms with Crippen LogP contribution in [0.15, 0.2) is 42.5 Å². The first-order chi connectivity index (χ1) is 10.4. The summed E-state index contributed by atoms with van der Waals surface area (Å²) >= 11 is 11.5. The molecule has 22 heavy (non-hydrogen) atoms. The second kappa shape index (κ2) is 6.68. The highest BCUT2D eigenvalue weighted by Crippen LogP contribution is 2.26. The number of hydrogen-bond acceptors (Lipinski definition) is 3. The summed E-state index contributed by atoms with van der Waals surface area (Å²) in [6, 6.07) is 7.59. The summed E-state index contributed by atoms with van der Waals surface area (Å²) in [6.07, 6.45) is 2.59. The van der Waals surface area contributed by atoms with Gasteiger partial charge in [-0.25, -0.2) is 4.39 Å². The molecule has 0 aliphatic heterocycles. The van der Waals surface area contributed by atoms with Gasteiger partial charge >= 0.3 is 0 Å². The fourth-order valence-electron chi connectivity index (χ4n) is 1.72. The first kappa shape index (κ1) is 16.1. The van der Waals surface area contributed by atoms with Gasteiger partial charge in [0.25, 0.3) is 5.69 Å². The van der Waals surface area contributed by atoms with Crippen molar-refractivity contribution in [1.29, 1.82) is 0 Å². The van der Waals surface area contributed by atoms with E-state index in [9.17, 15) is 19.3 Å². The molecule has 0 atom stereocenters. The van der Waals surface area contributed by atoms with E-state index in [-0.39, 0.29) is 21.3 Å². The third kappa shape index (κ3) is 3.69. The fraction of sp³-hybridized carbons (Fsp3) is 0. The molecule has 2 aromatic carbocycles. The van der Waals surface area contributed by atoms with Gasteiger partial charge in [0, 0.05) is 11.6 Å². The van der Waals surface area contributed by atoms with Crippen LogP contribution in [0.3, 0.4) is 0 Å². The molecule has 0 heterocycles. The Morgan fingerprint density at radius 3 is 2.50 bits per heavy atom. The van der Waals surface area contributed by atoms with Crippen LogP contribution in [0.25, 0.3) is 6.08 Å². The van der Waals surface area contributed by atoms with Crippen molar-refractivity contribution in [1.82, 2.24) is 0 Å². The number of ketones is 1. The molecule has 0 N–H and O–H groups in total. The van der Waals surface area contributed by atoms with E-state index in [1.807, 2.05) is 0 Å². The number of allylic oxidation sites excluding steroid dienone is 1. The number of nitro groups is 1. The molecule has 0 radical (unpaired) electrons. The van der Waals surface area contributed by atoms with Crippen LogP contribution in [0.1, 0.15) is 15.9 Å². The van der Waals surface area contributed by atoms with E-state index in [0.29, 0.717) is 5.56 Å². The molecule has 4 nitrogen and oxygen atoms in total. The van der Waals surface area contributed by atoms with Gasteiger partial charge < -0.3 is 0 Å². The third-order valence-corrected chi connectivity index (χ3v) is 3.42. The first-order valence-corrected chi connectivity index (χ1v) is 6.75. The van der Waals surface area contributed by atoms with Crippen molar-refractivity contribution in [2.45, 2.75) is 0 Å². The van der Waals surface area contributed by atoms with Crippen LogP contribution in [0.2, 0.25) is 10.0 Å². The number of carbonyl (C=O) groups is 1. The van der Waals surface area contributed by atoms with Gasteiger partial charge in [-0.05, 0) is 35.9 Å². The van der Waals surface area contributed by atoms with E-state index in [1.165, 1.54) is 36.4 Å². The predicted molar refractivity (Wildman–Crippen MR) is 82.9 cm³/mol. The molecular formula is C15H8Cl2FNO3. The average molecular weight is 340 g/mol. The minimum Gasteiger partial charge on any atom is -0.289 e. The maximum atomic E-state index is 12.9. The SMILES string of the molecule is O=C(/C=C/c1ccc(Cl)c([N+](=O)[O-])c1)c1ccc(F)cc1Cl. The Kier molecular flexibility index (Phi) is 4.90. The van der Waals surface area contributed by atoms with Gasteiger partial charge in [-0.15, -0.1) is 0 Å². The van der Waals surface area contributed by atoms with Crippen molar-refractivity contribution >= 4 is 40.7 Å². The average Bonchev–Trinajstić information content (AvgIpc) is 2.45. The molecule has 0 bridgehead atoms. The summed E-state index contributed by atoms with van der Waals surface area (Å²) in [5, 5.41) is 10.8. The van der Waals surface area contributed by atoms with E-state index < -0.39 is 16.5 Å². The van der Waals surface area contributed by atoms with Gasteiger partial charge in [-0.3, -0.25) is 14.9 Å². The van der Waals surface area contributed by atoms with Gasteiger partial charge in [0.15, 0.2) is 5.78 Å². The Balaban J connectivity index is 2.26. The number of rotatable bonds is 4. The normalized spacial score (nSPS) is 10.9. The van der Waals surface area contributed by atoms with Gasteiger partial charge in [0.2, 0.25) is 0 Å². The Hall–Kier alpha value is -2.24. The van der Waals surface area contributed by atoms with Gasteiger partial charge in [0.1, 0.15) is 10.8 Å². The zero-order valence-electron chi connectivity index (χ0n) is 10.9. The van der Waals surface area contributed by atoms with Crippen LogP contribution in [0.5, 0.6) is 0 Å². The second-order valence-corrected chi connectivity index (χ2v) is 5.10. The number of nitro benzene ring substituents is 1. The number of nitrogens with zero attached hydrogens (tertiary/aromatic N) is 1. The zero-order chi connectivity index (χ0) is 16.3. The molecule has 0 aliphatic rings. The molecule has 7 heteroatoms. The Morgan fingerprint density at radius 2 is 1.86 bits per heavy atom. The Bertz CT molecular complexity index is 790. The summed E-state index contributed by atoms with van der Waals surface area (Å²) in [5.41, 5.74) is 0.321. The second-order valence-electron chi connectivity index (χ2n) is 4.29. The third-order valence-electron chi connectivity index (χ3n) is 2.79. The molecule has 0 spiro atoms. The largest absolute Gasteiger partial charge is 0.289 e. The molecule has 0 saturated heterocycles. The molecule has 0 amide bonds. The van der Waals surface area contributed by atoms with Crippen LogP contribution in [-0.2, 0) is 0 Å². The van der Waals surface area contributed by atoms with Gasteiger partial charge in [-0.1, -0.05) is 35.3 Å². The maximum Gasteiger partial charge on any atom is 0.288 e.